The van der Waals surface area contributed by atoms with Crippen molar-refractivity contribution in [1.82, 2.24) is 0 Å². The van der Waals surface area contributed by atoms with Crippen LogP contribution >= 0.6 is 0 Å². The summed E-state index contributed by atoms with van der Waals surface area (Å²) >= 11 is 0. The van der Waals surface area contributed by atoms with Crippen molar-refractivity contribution in [2.75, 3.05) is 0 Å². The fourth-order valence-corrected chi connectivity index (χ4v) is 3.58. The van der Waals surface area contributed by atoms with Gasteiger partial charge in [-0.2, -0.15) is 0 Å². The van der Waals surface area contributed by atoms with Gasteiger partial charge in [-0.25, -0.2) is 4.79 Å². The number of hydrogen-bond acceptors (Lipinski definition) is 2. The molecular formula is C29H34O2. The Kier molecular flexibility index (Phi) is 8.06. The predicted molar refractivity (Wildman–Crippen MR) is 130 cm³/mol. The summed E-state index contributed by atoms with van der Waals surface area (Å²) in [7, 11) is 0. The molecule has 0 N–H and O–H groups in total. The van der Waals surface area contributed by atoms with E-state index < -0.39 is 0 Å². The topological polar surface area (TPSA) is 26.3 Å². The van der Waals surface area contributed by atoms with Crippen LogP contribution in [0.2, 0.25) is 0 Å². The maximum atomic E-state index is 12.5. The Morgan fingerprint density at radius 3 is 1.55 bits per heavy atom. The molecule has 162 valence electrons. The molecule has 0 radical (unpaired) electrons. The quantitative estimate of drug-likeness (QED) is 0.264. The van der Waals surface area contributed by atoms with Crippen LogP contribution in [0.25, 0.3) is 11.1 Å². The largest absolute Gasteiger partial charge is 0.423 e. The van der Waals surface area contributed by atoms with Crippen molar-refractivity contribution >= 4 is 5.97 Å². The van der Waals surface area contributed by atoms with Crippen LogP contribution < -0.4 is 4.74 Å². The first-order chi connectivity index (χ1) is 15.0. The molecule has 0 fully saturated rings. The van der Waals surface area contributed by atoms with Crippen LogP contribution in [-0.2, 0) is 12.8 Å². The van der Waals surface area contributed by atoms with Crippen LogP contribution in [-0.4, -0.2) is 5.97 Å². The third kappa shape index (κ3) is 6.55. The van der Waals surface area contributed by atoms with E-state index in [1.807, 2.05) is 48.5 Å². The number of hydrogen-bond donors (Lipinski definition) is 0. The first-order valence-corrected chi connectivity index (χ1v) is 11.5. The van der Waals surface area contributed by atoms with E-state index >= 15 is 0 Å². The fraction of sp³-hybridized carbons (Fsp3) is 0.345. The summed E-state index contributed by atoms with van der Waals surface area (Å²) in [6, 6.07) is 24.2. The summed E-state index contributed by atoms with van der Waals surface area (Å²) in [5, 5.41) is 0. The van der Waals surface area contributed by atoms with E-state index in [9.17, 15) is 4.79 Å². The van der Waals surface area contributed by atoms with E-state index in [1.54, 1.807) is 0 Å². The maximum Gasteiger partial charge on any atom is 0.343 e. The number of carbonyl (C=O) groups excluding carboxylic acids is 1. The van der Waals surface area contributed by atoms with Gasteiger partial charge in [-0.1, -0.05) is 89.1 Å². The van der Waals surface area contributed by atoms with Crippen molar-refractivity contribution in [3.8, 4) is 16.9 Å². The molecule has 0 heterocycles. The van der Waals surface area contributed by atoms with Gasteiger partial charge in [-0.15, -0.1) is 0 Å². The molecule has 0 spiro atoms. The standard InChI is InChI=1S/C29H34O2/c1-5-21(3)19-23-7-11-25(12-8-23)26-13-15-27(16-14-26)29(30)31-28-17-9-24(10-18-28)20-22(4)6-2/h7-18,21-22H,5-6,19-20H2,1-4H3. The second-order valence-electron chi connectivity index (χ2n) is 8.74. The molecule has 2 atom stereocenters. The van der Waals surface area contributed by atoms with Gasteiger partial charge in [-0.3, -0.25) is 0 Å². The molecule has 0 aliphatic carbocycles. The molecule has 3 rings (SSSR count). The Balaban J connectivity index is 1.61. The molecule has 0 saturated heterocycles. The van der Waals surface area contributed by atoms with Crippen molar-refractivity contribution in [3.05, 3.63) is 89.5 Å². The van der Waals surface area contributed by atoms with Gasteiger partial charge in [0.05, 0.1) is 5.56 Å². The summed E-state index contributed by atoms with van der Waals surface area (Å²) in [4.78, 5) is 12.5. The second kappa shape index (κ2) is 10.9. The number of ether oxygens (including phenoxy) is 1. The summed E-state index contributed by atoms with van der Waals surface area (Å²) in [5.74, 6) is 1.61. The number of benzene rings is 3. The molecular weight excluding hydrogens is 380 g/mol. The lowest BCUT2D eigenvalue weighted by Crippen LogP contribution is -2.08. The van der Waals surface area contributed by atoms with Crippen molar-refractivity contribution in [2.24, 2.45) is 11.8 Å². The highest BCUT2D eigenvalue weighted by atomic mass is 16.5. The third-order valence-corrected chi connectivity index (χ3v) is 6.10. The van der Waals surface area contributed by atoms with E-state index in [-0.39, 0.29) is 5.97 Å². The van der Waals surface area contributed by atoms with Crippen molar-refractivity contribution in [2.45, 2.75) is 53.4 Å². The molecule has 3 aromatic rings. The van der Waals surface area contributed by atoms with Crippen LogP contribution in [0.1, 0.15) is 62.0 Å². The van der Waals surface area contributed by atoms with E-state index in [2.05, 4.69) is 52.0 Å². The minimum atomic E-state index is -0.329. The Morgan fingerprint density at radius 2 is 1.10 bits per heavy atom. The third-order valence-electron chi connectivity index (χ3n) is 6.10. The van der Waals surface area contributed by atoms with E-state index in [4.69, 9.17) is 4.74 Å². The van der Waals surface area contributed by atoms with E-state index in [1.165, 1.54) is 17.5 Å². The van der Waals surface area contributed by atoms with Crippen LogP contribution in [0, 0.1) is 11.8 Å². The summed E-state index contributed by atoms with van der Waals surface area (Å²) in [6.45, 7) is 8.97. The molecule has 0 aromatic heterocycles. The molecule has 2 unspecified atom stereocenters. The molecule has 2 heteroatoms. The van der Waals surface area contributed by atoms with Gasteiger partial charge in [-0.05, 0) is 71.2 Å². The summed E-state index contributed by atoms with van der Waals surface area (Å²) < 4.78 is 5.56. The molecule has 2 nitrogen and oxygen atoms in total. The highest BCUT2D eigenvalue weighted by Gasteiger charge is 2.10. The fourth-order valence-electron chi connectivity index (χ4n) is 3.58. The van der Waals surface area contributed by atoms with E-state index in [0.29, 0.717) is 23.1 Å². The zero-order valence-electron chi connectivity index (χ0n) is 19.2. The zero-order valence-corrected chi connectivity index (χ0v) is 19.2. The van der Waals surface area contributed by atoms with Crippen LogP contribution in [0.15, 0.2) is 72.8 Å². The molecule has 0 bridgehead atoms. The van der Waals surface area contributed by atoms with Gasteiger partial charge >= 0.3 is 5.97 Å². The molecule has 0 aliphatic rings. The first kappa shape index (κ1) is 22.8. The normalized spacial score (nSPS) is 12.9. The lowest BCUT2D eigenvalue weighted by atomic mass is 9.96. The average molecular weight is 415 g/mol. The lowest BCUT2D eigenvalue weighted by molar-refractivity contribution is 0.0734. The molecule has 0 amide bonds. The van der Waals surface area contributed by atoms with Crippen molar-refractivity contribution in [1.29, 1.82) is 0 Å². The molecule has 0 aliphatic heterocycles. The Labute approximate surface area is 187 Å². The number of carbonyl (C=O) groups is 1. The highest BCUT2D eigenvalue weighted by molar-refractivity contribution is 5.91. The van der Waals surface area contributed by atoms with Gasteiger partial charge in [0.1, 0.15) is 5.75 Å². The van der Waals surface area contributed by atoms with Crippen molar-refractivity contribution < 1.29 is 9.53 Å². The minimum absolute atomic E-state index is 0.329. The van der Waals surface area contributed by atoms with Crippen molar-refractivity contribution in [3.63, 3.8) is 0 Å². The minimum Gasteiger partial charge on any atom is -0.423 e. The van der Waals surface area contributed by atoms with Gasteiger partial charge in [0.2, 0.25) is 0 Å². The highest BCUT2D eigenvalue weighted by Crippen LogP contribution is 2.23. The first-order valence-electron chi connectivity index (χ1n) is 11.5. The lowest BCUT2D eigenvalue weighted by Gasteiger charge is -2.10. The Morgan fingerprint density at radius 1 is 0.677 bits per heavy atom. The zero-order chi connectivity index (χ0) is 22.2. The molecule has 3 aromatic carbocycles. The smallest absolute Gasteiger partial charge is 0.343 e. The average Bonchev–Trinajstić information content (AvgIpc) is 2.80. The van der Waals surface area contributed by atoms with E-state index in [0.717, 1.165) is 30.4 Å². The maximum absolute atomic E-state index is 12.5. The van der Waals surface area contributed by atoms with Crippen LogP contribution in [0.4, 0.5) is 0 Å². The SMILES string of the molecule is CCC(C)Cc1ccc(OC(=O)c2ccc(-c3ccc(CC(C)CC)cc3)cc2)cc1. The summed E-state index contributed by atoms with van der Waals surface area (Å²) in [5.41, 5.74) is 5.45. The summed E-state index contributed by atoms with van der Waals surface area (Å²) in [6.07, 6.45) is 4.52. The second-order valence-corrected chi connectivity index (χ2v) is 8.74. The van der Waals surface area contributed by atoms with Gasteiger partial charge in [0, 0.05) is 0 Å². The Hall–Kier alpha value is -2.87. The Bertz CT molecular complexity index is 953. The molecule has 0 saturated carbocycles. The van der Waals surface area contributed by atoms with Gasteiger partial charge < -0.3 is 4.74 Å². The number of esters is 1. The molecule has 31 heavy (non-hydrogen) atoms. The van der Waals surface area contributed by atoms with Crippen LogP contribution in [0.5, 0.6) is 5.75 Å². The van der Waals surface area contributed by atoms with Gasteiger partial charge in [0.25, 0.3) is 0 Å². The number of rotatable bonds is 9. The van der Waals surface area contributed by atoms with Crippen LogP contribution in [0.3, 0.4) is 0 Å². The predicted octanol–water partition coefficient (Wildman–Crippen LogP) is 7.75. The van der Waals surface area contributed by atoms with Gasteiger partial charge in [0.15, 0.2) is 0 Å². The monoisotopic (exact) mass is 414 g/mol.